The zero-order chi connectivity index (χ0) is 12.6. The van der Waals surface area contributed by atoms with Crippen molar-refractivity contribution in [1.82, 2.24) is 5.32 Å². The zero-order valence-corrected chi connectivity index (χ0v) is 12.1. The molecule has 3 fully saturated rings. The van der Waals surface area contributed by atoms with Crippen molar-refractivity contribution in [3.63, 3.8) is 0 Å². The fourth-order valence-electron chi connectivity index (χ4n) is 4.46. The van der Waals surface area contributed by atoms with Gasteiger partial charge in [0, 0.05) is 30.0 Å². The van der Waals surface area contributed by atoms with Gasteiger partial charge in [-0.3, -0.25) is 0 Å². The maximum Gasteiger partial charge on any atom is 0.0685 e. The van der Waals surface area contributed by atoms with Crippen LogP contribution < -0.4 is 5.32 Å². The van der Waals surface area contributed by atoms with Crippen molar-refractivity contribution >= 4 is 0 Å². The number of hydrogen-bond acceptors (Lipinski definition) is 2. The molecule has 0 amide bonds. The van der Waals surface area contributed by atoms with Gasteiger partial charge in [-0.15, -0.1) is 0 Å². The second-order valence-electron chi connectivity index (χ2n) is 8.09. The minimum absolute atomic E-state index is 0.315. The van der Waals surface area contributed by atoms with Crippen LogP contribution in [0, 0.1) is 22.2 Å². The molecule has 2 saturated carbocycles. The van der Waals surface area contributed by atoms with Gasteiger partial charge in [-0.25, -0.2) is 0 Å². The van der Waals surface area contributed by atoms with Gasteiger partial charge in [-0.2, -0.15) is 0 Å². The van der Waals surface area contributed by atoms with Crippen molar-refractivity contribution in [1.29, 1.82) is 0 Å². The first-order valence-corrected chi connectivity index (χ1v) is 7.08. The van der Waals surface area contributed by atoms with Gasteiger partial charge in [-0.1, -0.05) is 41.5 Å². The van der Waals surface area contributed by atoms with Crippen LogP contribution >= 0.6 is 0 Å². The number of fused-ring (bicyclic) bond motifs is 1. The van der Waals surface area contributed by atoms with Crippen LogP contribution in [0.15, 0.2) is 0 Å². The molecule has 3 unspecified atom stereocenters. The third kappa shape index (κ3) is 1.29. The molecule has 0 radical (unpaired) electrons. The monoisotopic (exact) mass is 237 g/mol. The second kappa shape index (κ2) is 3.08. The van der Waals surface area contributed by atoms with Crippen LogP contribution in [-0.4, -0.2) is 24.8 Å². The van der Waals surface area contributed by atoms with Crippen LogP contribution in [0.5, 0.6) is 0 Å². The van der Waals surface area contributed by atoms with E-state index in [9.17, 15) is 0 Å². The molecule has 1 N–H and O–H groups in total. The van der Waals surface area contributed by atoms with Crippen molar-refractivity contribution in [3.8, 4) is 0 Å². The SMILES string of the molecule is CC1(C)C(NC2C(C)(C)C2(C)C)C2CCOC21. The van der Waals surface area contributed by atoms with Gasteiger partial charge in [0.15, 0.2) is 0 Å². The summed E-state index contributed by atoms with van der Waals surface area (Å²) in [4.78, 5) is 0. The standard InChI is InChI=1S/C15H27NO/c1-13(2)10(9-7-8-17-11(9)13)16-12-14(3,4)15(12,5)6/h9-12,16H,7-8H2,1-6H3. The van der Waals surface area contributed by atoms with Crippen LogP contribution in [0.1, 0.15) is 48.0 Å². The van der Waals surface area contributed by atoms with Gasteiger partial charge in [0.05, 0.1) is 6.10 Å². The summed E-state index contributed by atoms with van der Waals surface area (Å²) in [6.07, 6.45) is 1.75. The fourth-order valence-corrected chi connectivity index (χ4v) is 4.46. The molecule has 2 nitrogen and oxygen atoms in total. The van der Waals surface area contributed by atoms with Gasteiger partial charge < -0.3 is 10.1 Å². The van der Waals surface area contributed by atoms with Gasteiger partial charge >= 0.3 is 0 Å². The van der Waals surface area contributed by atoms with E-state index in [0.29, 0.717) is 34.4 Å². The lowest BCUT2D eigenvalue weighted by Gasteiger charge is -2.55. The first-order valence-electron chi connectivity index (χ1n) is 7.08. The molecule has 2 heteroatoms. The van der Waals surface area contributed by atoms with E-state index < -0.39 is 0 Å². The Hall–Kier alpha value is -0.0800. The van der Waals surface area contributed by atoms with E-state index in [1.165, 1.54) is 6.42 Å². The van der Waals surface area contributed by atoms with Crippen LogP contribution in [-0.2, 0) is 4.74 Å². The highest BCUT2D eigenvalue weighted by atomic mass is 16.5. The number of hydrogen-bond donors (Lipinski definition) is 1. The third-order valence-electron chi connectivity index (χ3n) is 6.47. The van der Waals surface area contributed by atoms with Crippen LogP contribution in [0.25, 0.3) is 0 Å². The highest BCUT2D eigenvalue weighted by Gasteiger charge is 2.68. The lowest BCUT2D eigenvalue weighted by atomic mass is 9.57. The molecule has 3 atom stereocenters. The molecule has 0 spiro atoms. The molecule has 1 saturated heterocycles. The Bertz CT molecular complexity index is 331. The molecular formula is C15H27NO. The maximum absolute atomic E-state index is 5.86. The number of nitrogens with one attached hydrogen (secondary N) is 1. The second-order valence-corrected chi connectivity index (χ2v) is 8.09. The fraction of sp³-hybridized carbons (Fsp3) is 1.00. The summed E-state index contributed by atoms with van der Waals surface area (Å²) in [5, 5.41) is 3.95. The van der Waals surface area contributed by atoms with E-state index in [0.717, 1.165) is 12.5 Å². The van der Waals surface area contributed by atoms with Crippen LogP contribution in [0.2, 0.25) is 0 Å². The van der Waals surface area contributed by atoms with Gasteiger partial charge in [0.1, 0.15) is 0 Å². The lowest BCUT2D eigenvalue weighted by Crippen LogP contribution is -2.66. The average molecular weight is 237 g/mol. The molecule has 3 rings (SSSR count). The first-order chi connectivity index (χ1) is 7.70. The summed E-state index contributed by atoms with van der Waals surface area (Å²) >= 11 is 0. The van der Waals surface area contributed by atoms with Crippen molar-refractivity contribution < 1.29 is 4.74 Å². The molecule has 0 aromatic carbocycles. The van der Waals surface area contributed by atoms with E-state index in [2.05, 4.69) is 46.9 Å². The van der Waals surface area contributed by atoms with Gasteiger partial charge in [-0.05, 0) is 17.3 Å². The summed E-state index contributed by atoms with van der Waals surface area (Å²) in [7, 11) is 0. The Morgan fingerprint density at radius 3 is 2.12 bits per heavy atom. The molecule has 1 aliphatic heterocycles. The normalized spacial score (nSPS) is 45.2. The van der Waals surface area contributed by atoms with Crippen LogP contribution in [0.4, 0.5) is 0 Å². The van der Waals surface area contributed by atoms with E-state index in [1.807, 2.05) is 0 Å². The predicted molar refractivity (Wildman–Crippen MR) is 69.9 cm³/mol. The molecule has 1 heterocycles. The Balaban J connectivity index is 1.72. The largest absolute Gasteiger partial charge is 0.377 e. The highest BCUT2D eigenvalue weighted by molar-refractivity contribution is 5.22. The molecule has 2 aliphatic carbocycles. The Morgan fingerprint density at radius 1 is 1.00 bits per heavy atom. The highest BCUT2D eigenvalue weighted by Crippen LogP contribution is 2.64. The van der Waals surface area contributed by atoms with Crippen molar-refractivity contribution in [3.05, 3.63) is 0 Å². The molecule has 3 aliphatic rings. The maximum atomic E-state index is 5.86. The van der Waals surface area contributed by atoms with Crippen LogP contribution in [0.3, 0.4) is 0 Å². The summed E-state index contributed by atoms with van der Waals surface area (Å²) in [6, 6.07) is 1.32. The topological polar surface area (TPSA) is 21.3 Å². The van der Waals surface area contributed by atoms with E-state index >= 15 is 0 Å². The summed E-state index contributed by atoms with van der Waals surface area (Å²) in [5.74, 6) is 0.761. The average Bonchev–Trinajstić information content (AvgIpc) is 2.56. The van der Waals surface area contributed by atoms with Crippen molar-refractivity contribution in [2.75, 3.05) is 6.61 Å². The predicted octanol–water partition coefficient (Wildman–Crippen LogP) is 2.82. The summed E-state index contributed by atoms with van der Waals surface area (Å²) in [6.45, 7) is 15.2. The minimum atomic E-state index is 0.315. The molecular weight excluding hydrogens is 210 g/mol. The molecule has 17 heavy (non-hydrogen) atoms. The number of rotatable bonds is 2. The zero-order valence-electron chi connectivity index (χ0n) is 12.1. The van der Waals surface area contributed by atoms with E-state index in [1.54, 1.807) is 0 Å². The molecule has 0 aromatic heterocycles. The van der Waals surface area contributed by atoms with Gasteiger partial charge in [0.25, 0.3) is 0 Å². The Kier molecular flexibility index (Phi) is 2.17. The quantitative estimate of drug-likeness (QED) is 0.797. The molecule has 0 aromatic rings. The van der Waals surface area contributed by atoms with E-state index in [-0.39, 0.29) is 0 Å². The summed E-state index contributed by atoms with van der Waals surface area (Å²) < 4.78 is 5.86. The molecule has 98 valence electrons. The third-order valence-corrected chi connectivity index (χ3v) is 6.47. The Labute approximate surface area is 105 Å². The number of ether oxygens (including phenoxy) is 1. The van der Waals surface area contributed by atoms with Gasteiger partial charge in [0.2, 0.25) is 0 Å². The lowest BCUT2D eigenvalue weighted by molar-refractivity contribution is -0.114. The summed E-state index contributed by atoms with van der Waals surface area (Å²) in [5.41, 5.74) is 1.19. The van der Waals surface area contributed by atoms with Crippen molar-refractivity contribution in [2.45, 2.75) is 66.2 Å². The Morgan fingerprint density at radius 2 is 1.59 bits per heavy atom. The van der Waals surface area contributed by atoms with E-state index in [4.69, 9.17) is 4.74 Å². The minimum Gasteiger partial charge on any atom is -0.377 e. The van der Waals surface area contributed by atoms with Crippen molar-refractivity contribution in [2.24, 2.45) is 22.2 Å². The molecule has 0 bridgehead atoms. The smallest absolute Gasteiger partial charge is 0.0685 e. The first kappa shape index (κ1) is 12.0.